The van der Waals surface area contributed by atoms with E-state index in [4.69, 9.17) is 0 Å². The van der Waals surface area contributed by atoms with Crippen LogP contribution in [0.5, 0.6) is 0 Å². The van der Waals surface area contributed by atoms with Crippen molar-refractivity contribution in [3.8, 4) is 0 Å². The van der Waals surface area contributed by atoms with Crippen molar-refractivity contribution in [1.29, 1.82) is 0 Å². The van der Waals surface area contributed by atoms with E-state index in [1.807, 2.05) is 0 Å². The predicted octanol–water partition coefficient (Wildman–Crippen LogP) is 0.257. The van der Waals surface area contributed by atoms with Gasteiger partial charge in [0.05, 0.1) is 0 Å². The second-order valence-electron chi connectivity index (χ2n) is 0.217. The number of thiol groups is 1. The second kappa shape index (κ2) is 2.43. The molecule has 26 valence electrons. The van der Waals surface area contributed by atoms with Crippen LogP contribution in [0, 0.1) is 0 Å². The van der Waals surface area contributed by atoms with Gasteiger partial charge in [-0.3, -0.25) is 0 Å². The molecule has 0 bridgehead atoms. The van der Waals surface area contributed by atoms with Crippen molar-refractivity contribution in [1.82, 2.24) is 0 Å². The first kappa shape index (κ1) is 5.19. The van der Waals surface area contributed by atoms with Crippen molar-refractivity contribution in [2.45, 2.75) is 0 Å². The Labute approximate surface area is 41.0 Å². The van der Waals surface area contributed by atoms with Crippen LogP contribution in [0.15, 0.2) is 0 Å². The molecule has 0 aliphatic heterocycles. The summed E-state index contributed by atoms with van der Waals surface area (Å²) in [6, 6.07) is 0. The van der Waals surface area contributed by atoms with Gasteiger partial charge in [0.1, 0.15) is 0 Å². The fourth-order valence-electron chi connectivity index (χ4n) is 0. The van der Waals surface area contributed by atoms with Crippen LogP contribution in [0.4, 0.5) is 0 Å². The molecule has 0 aliphatic carbocycles. The molecular weight excluding hydrogens is 264 g/mol. The molecular formula is HOS2W-. The SMILES string of the molecule is O=[S-](S)=[W]. The third kappa shape index (κ3) is 10.8. The van der Waals surface area contributed by atoms with E-state index in [-0.39, 0.29) is 0 Å². The molecule has 0 fully saturated rings. The zero-order valence-corrected chi connectivity index (χ0v) is 6.32. The van der Waals surface area contributed by atoms with E-state index >= 15 is 0 Å². The van der Waals surface area contributed by atoms with Gasteiger partial charge < -0.3 is 0 Å². The Morgan fingerprint density at radius 1 is 2.00 bits per heavy atom. The Bertz CT molecular complexity index is 54.4. The molecule has 0 aromatic carbocycles. The first-order valence-electron chi connectivity index (χ1n) is 0.516. The molecule has 0 spiro atoms. The molecule has 4 heavy (non-hydrogen) atoms. The fraction of sp³-hybridized carbons (Fsp3) is 0. The summed E-state index contributed by atoms with van der Waals surface area (Å²) in [4.78, 5) is 0. The Balaban J connectivity index is 3.51. The van der Waals surface area contributed by atoms with Gasteiger partial charge in [-0.05, 0) is 0 Å². The van der Waals surface area contributed by atoms with Crippen LogP contribution >= 0.6 is 11.7 Å². The molecule has 0 saturated carbocycles. The Kier molecular flexibility index (Phi) is 3.15. The zero-order chi connectivity index (χ0) is 3.58. The molecule has 0 atom stereocenters. The van der Waals surface area contributed by atoms with Crippen molar-refractivity contribution >= 4 is 18.7 Å². The van der Waals surface area contributed by atoms with Crippen LogP contribution in [-0.4, -0.2) is 0 Å². The van der Waals surface area contributed by atoms with E-state index in [2.05, 4.69) is 11.7 Å². The summed E-state index contributed by atoms with van der Waals surface area (Å²) in [6.45, 7) is 0. The summed E-state index contributed by atoms with van der Waals surface area (Å²) in [5, 5.41) is 0. The molecule has 0 amide bonds. The molecule has 0 radical (unpaired) electrons. The summed E-state index contributed by atoms with van der Waals surface area (Å²) < 4.78 is 9.46. The molecule has 4 heteroatoms. The van der Waals surface area contributed by atoms with Crippen LogP contribution in [0.1, 0.15) is 0 Å². The van der Waals surface area contributed by atoms with Crippen molar-refractivity contribution < 1.29 is 22.2 Å². The normalized spacial score (nSPS) is 8.50. The first-order valence-corrected chi connectivity index (χ1v) is 6.24. The molecule has 0 saturated heterocycles. The van der Waals surface area contributed by atoms with Crippen molar-refractivity contribution in [3.05, 3.63) is 0 Å². The van der Waals surface area contributed by atoms with Crippen molar-refractivity contribution in [2.24, 2.45) is 0 Å². The second-order valence-corrected chi connectivity index (χ2v) is 7.83. The summed E-state index contributed by atoms with van der Waals surface area (Å²) in [5.74, 6) is 0. The summed E-state index contributed by atoms with van der Waals surface area (Å²) in [5.41, 5.74) is 0. The number of hydrogen-bond donors (Lipinski definition) is 1. The van der Waals surface area contributed by atoms with E-state index < -0.39 is 7.02 Å². The average Bonchev–Trinajstić information content (AvgIpc) is 0.811. The minimum atomic E-state index is -0.833. The van der Waals surface area contributed by atoms with Gasteiger partial charge in [0.2, 0.25) is 0 Å². The van der Waals surface area contributed by atoms with Crippen LogP contribution in [0.25, 0.3) is 0 Å². The maximum atomic E-state index is 9.46. The van der Waals surface area contributed by atoms with E-state index in [9.17, 15) is 4.21 Å². The summed E-state index contributed by atoms with van der Waals surface area (Å²) in [6.07, 6.45) is 0. The van der Waals surface area contributed by atoms with E-state index in [0.29, 0.717) is 0 Å². The van der Waals surface area contributed by atoms with Gasteiger partial charge in [-0.1, -0.05) is 0 Å². The molecule has 1 nitrogen and oxygen atoms in total. The first-order chi connectivity index (χ1) is 1.73. The quantitative estimate of drug-likeness (QED) is 0.377. The third-order valence-corrected chi connectivity index (χ3v) is 0. The van der Waals surface area contributed by atoms with Gasteiger partial charge in [-0.15, -0.1) is 0 Å². The molecule has 0 N–H and O–H groups in total. The predicted molar refractivity (Wildman–Crippen MR) is 17.0 cm³/mol. The van der Waals surface area contributed by atoms with Crippen LogP contribution in [0.3, 0.4) is 0 Å². The molecule has 0 aliphatic rings. The third-order valence-electron chi connectivity index (χ3n) is 0. The standard InChI is InChI=1S/OS2.W/c1-3-2;/q;-2/p+1. The Hall–Kier alpha value is 1.19. The van der Waals surface area contributed by atoms with Gasteiger partial charge in [0, 0.05) is 0 Å². The molecule has 0 aromatic heterocycles. The van der Waals surface area contributed by atoms with Gasteiger partial charge in [0.25, 0.3) is 0 Å². The molecule has 0 unspecified atom stereocenters. The van der Waals surface area contributed by atoms with Crippen LogP contribution in [0.2, 0.25) is 0 Å². The fourth-order valence-corrected chi connectivity index (χ4v) is 0. The number of rotatable bonds is 0. The molecule has 0 rings (SSSR count). The zero-order valence-electron chi connectivity index (χ0n) is 1.67. The summed E-state index contributed by atoms with van der Waals surface area (Å²) >= 11 is 4.49. The van der Waals surface area contributed by atoms with Gasteiger partial charge in [-0.2, -0.15) is 0 Å². The number of hydrogen-bond acceptors (Lipinski definition) is 2. The summed E-state index contributed by atoms with van der Waals surface area (Å²) in [7, 11) is -0.833. The topological polar surface area (TPSA) is 17.1 Å². The Morgan fingerprint density at radius 3 is 2.00 bits per heavy atom. The van der Waals surface area contributed by atoms with Crippen molar-refractivity contribution in [3.63, 3.8) is 0 Å². The van der Waals surface area contributed by atoms with Gasteiger partial charge >= 0.3 is 40.9 Å². The average molecular weight is 265 g/mol. The van der Waals surface area contributed by atoms with Gasteiger partial charge in [-0.25, -0.2) is 0 Å². The monoisotopic (exact) mass is 265 g/mol. The van der Waals surface area contributed by atoms with Crippen molar-refractivity contribution in [2.75, 3.05) is 0 Å². The Morgan fingerprint density at radius 2 is 2.00 bits per heavy atom. The van der Waals surface area contributed by atoms with Gasteiger partial charge in [0.15, 0.2) is 0 Å². The molecule has 0 aromatic rings. The van der Waals surface area contributed by atoms with E-state index in [1.54, 1.807) is 0 Å². The van der Waals surface area contributed by atoms with Crippen LogP contribution < -0.4 is 0 Å². The maximum absolute atomic E-state index is 9.46. The molecule has 0 heterocycles. The van der Waals surface area contributed by atoms with E-state index in [0.717, 1.165) is 18.0 Å². The van der Waals surface area contributed by atoms with Crippen LogP contribution in [-0.2, 0) is 29.2 Å². The van der Waals surface area contributed by atoms with E-state index in [1.165, 1.54) is 0 Å². The minimum absolute atomic E-state index is 0.833.